The lowest BCUT2D eigenvalue weighted by atomic mass is 10.2. The van der Waals surface area contributed by atoms with Crippen molar-refractivity contribution in [2.75, 3.05) is 37.7 Å². The minimum atomic E-state index is -0.925. The van der Waals surface area contributed by atoms with Crippen molar-refractivity contribution in [3.05, 3.63) is 60.7 Å². The van der Waals surface area contributed by atoms with E-state index in [4.69, 9.17) is 9.47 Å². The Labute approximate surface area is 188 Å². The van der Waals surface area contributed by atoms with Gasteiger partial charge in [-0.15, -0.1) is 0 Å². The Hall–Kier alpha value is -3.55. The molecule has 3 rings (SSSR count). The monoisotopic (exact) mass is 439 g/mol. The fourth-order valence-corrected chi connectivity index (χ4v) is 3.42. The fraction of sp³-hybridized carbons (Fsp3) is 0.375. The number of anilines is 1. The lowest BCUT2D eigenvalue weighted by Crippen LogP contribution is -2.52. The lowest BCUT2D eigenvalue weighted by Gasteiger charge is -2.37. The molecule has 0 unspecified atom stereocenters. The molecule has 1 aliphatic rings. The van der Waals surface area contributed by atoms with E-state index in [9.17, 15) is 14.4 Å². The SMILES string of the molecule is C[C@H](OC(=O)[C@@H](C)NC(=O)COc1ccccc1)C(=O)N1CCN(c2ccccc2)CC1. The van der Waals surface area contributed by atoms with Crippen LogP contribution >= 0.6 is 0 Å². The molecule has 32 heavy (non-hydrogen) atoms. The molecule has 0 radical (unpaired) electrons. The molecule has 0 bridgehead atoms. The van der Waals surface area contributed by atoms with Gasteiger partial charge in [-0.3, -0.25) is 9.59 Å². The Morgan fingerprint density at radius 2 is 1.50 bits per heavy atom. The van der Waals surface area contributed by atoms with Crippen molar-refractivity contribution >= 4 is 23.5 Å². The molecule has 0 saturated carbocycles. The Morgan fingerprint density at radius 1 is 0.906 bits per heavy atom. The van der Waals surface area contributed by atoms with Gasteiger partial charge >= 0.3 is 5.97 Å². The van der Waals surface area contributed by atoms with Crippen LogP contribution < -0.4 is 15.0 Å². The molecule has 2 amide bonds. The predicted octanol–water partition coefficient (Wildman–Crippen LogP) is 1.85. The molecule has 8 heteroatoms. The summed E-state index contributed by atoms with van der Waals surface area (Å²) in [6.45, 7) is 5.38. The number of para-hydroxylation sites is 2. The number of ether oxygens (including phenoxy) is 2. The van der Waals surface area contributed by atoms with Gasteiger partial charge in [0.1, 0.15) is 11.8 Å². The Balaban J connectivity index is 1.40. The zero-order chi connectivity index (χ0) is 22.9. The summed E-state index contributed by atoms with van der Waals surface area (Å²) in [7, 11) is 0. The summed E-state index contributed by atoms with van der Waals surface area (Å²) in [4.78, 5) is 41.0. The van der Waals surface area contributed by atoms with Crippen LogP contribution in [0, 0.1) is 0 Å². The highest BCUT2D eigenvalue weighted by Gasteiger charge is 2.29. The number of hydrogen-bond acceptors (Lipinski definition) is 6. The summed E-state index contributed by atoms with van der Waals surface area (Å²) in [6, 6.07) is 18.0. The third kappa shape index (κ3) is 6.47. The Morgan fingerprint density at radius 3 is 2.12 bits per heavy atom. The first kappa shape index (κ1) is 23.1. The first-order valence-electron chi connectivity index (χ1n) is 10.7. The number of hydrogen-bond donors (Lipinski definition) is 1. The lowest BCUT2D eigenvalue weighted by molar-refractivity contribution is -0.161. The van der Waals surface area contributed by atoms with E-state index in [1.165, 1.54) is 6.92 Å². The van der Waals surface area contributed by atoms with Crippen LogP contribution in [0.3, 0.4) is 0 Å². The number of rotatable bonds is 8. The van der Waals surface area contributed by atoms with E-state index in [0.29, 0.717) is 31.9 Å². The number of amides is 2. The van der Waals surface area contributed by atoms with Gasteiger partial charge in [0.2, 0.25) is 0 Å². The maximum absolute atomic E-state index is 12.7. The predicted molar refractivity (Wildman–Crippen MR) is 120 cm³/mol. The van der Waals surface area contributed by atoms with Crippen LogP contribution in [-0.2, 0) is 19.1 Å². The highest BCUT2D eigenvalue weighted by atomic mass is 16.5. The minimum absolute atomic E-state index is 0.220. The summed E-state index contributed by atoms with van der Waals surface area (Å²) in [5.41, 5.74) is 1.12. The van der Waals surface area contributed by atoms with Gasteiger partial charge in [0.15, 0.2) is 12.7 Å². The molecule has 2 aromatic carbocycles. The van der Waals surface area contributed by atoms with Crippen molar-refractivity contribution in [3.63, 3.8) is 0 Å². The van der Waals surface area contributed by atoms with E-state index in [1.54, 1.807) is 36.1 Å². The van der Waals surface area contributed by atoms with Crippen molar-refractivity contribution in [2.45, 2.75) is 26.0 Å². The molecule has 2 aromatic rings. The summed E-state index contributed by atoms with van der Waals surface area (Å²) in [5, 5.41) is 2.53. The molecule has 1 fully saturated rings. The van der Waals surface area contributed by atoms with Crippen LogP contribution in [0.4, 0.5) is 5.69 Å². The molecule has 170 valence electrons. The van der Waals surface area contributed by atoms with Crippen LogP contribution in [0.1, 0.15) is 13.8 Å². The highest BCUT2D eigenvalue weighted by molar-refractivity contribution is 5.88. The van der Waals surface area contributed by atoms with Crippen LogP contribution in [0.15, 0.2) is 60.7 Å². The van der Waals surface area contributed by atoms with Crippen LogP contribution in [0.5, 0.6) is 5.75 Å². The molecule has 0 spiro atoms. The Kier molecular flexibility index (Phi) is 8.08. The summed E-state index contributed by atoms with van der Waals surface area (Å²) in [5.74, 6) is -0.794. The third-order valence-electron chi connectivity index (χ3n) is 5.20. The second-order valence-corrected chi connectivity index (χ2v) is 7.62. The maximum atomic E-state index is 12.7. The molecular formula is C24H29N3O5. The van der Waals surface area contributed by atoms with Crippen molar-refractivity contribution in [2.24, 2.45) is 0 Å². The van der Waals surface area contributed by atoms with Crippen LogP contribution in [0.2, 0.25) is 0 Å². The minimum Gasteiger partial charge on any atom is -0.484 e. The third-order valence-corrected chi connectivity index (χ3v) is 5.20. The number of nitrogens with one attached hydrogen (secondary N) is 1. The van der Waals surface area contributed by atoms with Crippen molar-refractivity contribution in [1.82, 2.24) is 10.2 Å². The van der Waals surface area contributed by atoms with Gasteiger partial charge < -0.3 is 24.6 Å². The topological polar surface area (TPSA) is 88.2 Å². The van der Waals surface area contributed by atoms with Gasteiger partial charge in [-0.1, -0.05) is 36.4 Å². The maximum Gasteiger partial charge on any atom is 0.329 e. The fourth-order valence-electron chi connectivity index (χ4n) is 3.42. The van der Waals surface area contributed by atoms with E-state index >= 15 is 0 Å². The summed E-state index contributed by atoms with van der Waals surface area (Å²) >= 11 is 0. The standard InChI is InChI=1S/C24H29N3O5/c1-18(25-22(28)17-31-21-11-7-4-8-12-21)24(30)32-19(2)23(29)27-15-13-26(14-16-27)20-9-5-3-6-10-20/h3-12,18-19H,13-17H2,1-2H3,(H,25,28)/t18-,19+/m1/s1. The number of carbonyl (C=O) groups excluding carboxylic acids is 3. The number of carbonyl (C=O) groups is 3. The Bertz CT molecular complexity index is 898. The van der Waals surface area contributed by atoms with Crippen molar-refractivity contribution in [1.29, 1.82) is 0 Å². The van der Waals surface area contributed by atoms with Crippen molar-refractivity contribution < 1.29 is 23.9 Å². The number of nitrogens with zero attached hydrogens (tertiary/aromatic N) is 2. The molecule has 1 aliphatic heterocycles. The highest BCUT2D eigenvalue weighted by Crippen LogP contribution is 2.16. The molecule has 0 aromatic heterocycles. The molecule has 1 heterocycles. The van der Waals surface area contributed by atoms with Gasteiger partial charge in [-0.05, 0) is 38.1 Å². The van der Waals surface area contributed by atoms with Gasteiger partial charge in [0.05, 0.1) is 0 Å². The average Bonchev–Trinajstić information content (AvgIpc) is 2.83. The quantitative estimate of drug-likeness (QED) is 0.632. The molecule has 1 saturated heterocycles. The zero-order valence-electron chi connectivity index (χ0n) is 18.4. The van der Waals surface area contributed by atoms with Crippen LogP contribution in [0.25, 0.3) is 0 Å². The number of benzene rings is 2. The van der Waals surface area contributed by atoms with Crippen molar-refractivity contribution in [3.8, 4) is 5.75 Å². The first-order chi connectivity index (χ1) is 15.4. The molecule has 2 atom stereocenters. The van der Waals surface area contributed by atoms with Gasteiger partial charge in [-0.2, -0.15) is 0 Å². The zero-order valence-corrected chi connectivity index (χ0v) is 18.4. The number of piperazine rings is 1. The average molecular weight is 440 g/mol. The first-order valence-corrected chi connectivity index (χ1v) is 10.7. The smallest absolute Gasteiger partial charge is 0.329 e. The second kappa shape index (κ2) is 11.2. The van der Waals surface area contributed by atoms with Gasteiger partial charge in [0, 0.05) is 31.9 Å². The second-order valence-electron chi connectivity index (χ2n) is 7.62. The molecule has 0 aliphatic carbocycles. The van der Waals surface area contributed by atoms with E-state index in [-0.39, 0.29) is 12.5 Å². The van der Waals surface area contributed by atoms with E-state index in [1.807, 2.05) is 36.4 Å². The van der Waals surface area contributed by atoms with Gasteiger partial charge in [-0.25, -0.2) is 4.79 Å². The molecule has 8 nitrogen and oxygen atoms in total. The van der Waals surface area contributed by atoms with E-state index in [0.717, 1.165) is 5.69 Å². The van der Waals surface area contributed by atoms with E-state index < -0.39 is 24.0 Å². The molecule has 1 N–H and O–H groups in total. The summed E-state index contributed by atoms with van der Waals surface area (Å²) < 4.78 is 10.7. The van der Waals surface area contributed by atoms with Crippen LogP contribution in [-0.4, -0.2) is 67.6 Å². The normalized spacial score (nSPS) is 15.4. The summed E-state index contributed by atoms with van der Waals surface area (Å²) in [6.07, 6.45) is -0.925. The number of esters is 1. The van der Waals surface area contributed by atoms with E-state index in [2.05, 4.69) is 10.2 Å². The largest absolute Gasteiger partial charge is 0.484 e. The molecular weight excluding hydrogens is 410 g/mol. The van der Waals surface area contributed by atoms with Gasteiger partial charge in [0.25, 0.3) is 11.8 Å².